The fourth-order valence-corrected chi connectivity index (χ4v) is 3.09. The van der Waals surface area contributed by atoms with Crippen molar-refractivity contribution in [3.63, 3.8) is 0 Å². The third-order valence-corrected chi connectivity index (χ3v) is 4.58. The van der Waals surface area contributed by atoms with Gasteiger partial charge in [0.2, 0.25) is 0 Å². The summed E-state index contributed by atoms with van der Waals surface area (Å²) in [7, 11) is 2.09. The van der Waals surface area contributed by atoms with Gasteiger partial charge in [-0.05, 0) is 62.8 Å². The molecule has 2 aromatic carbocycles. The first-order chi connectivity index (χ1) is 14.2. The molecule has 0 spiro atoms. The summed E-state index contributed by atoms with van der Waals surface area (Å²) < 4.78 is 5.45. The molecule has 0 aliphatic rings. The predicted octanol–water partition coefficient (Wildman–Crippen LogP) is 3.73. The van der Waals surface area contributed by atoms with Gasteiger partial charge in [-0.3, -0.25) is 9.89 Å². The Kier molecular flexibility index (Phi) is 7.41. The Morgan fingerprint density at radius 3 is 2.62 bits per heavy atom. The highest BCUT2D eigenvalue weighted by atomic mass is 16.5. The average molecular weight is 393 g/mol. The van der Waals surface area contributed by atoms with E-state index in [0.717, 1.165) is 36.5 Å². The molecular formula is C23H28N4O2. The minimum Gasteiger partial charge on any atom is -0.494 e. The SMILES string of the molecule is CCOc1ccc(-c2cc(C(=O)NCCCN(C)Cc3ccccc3)[nH]n2)cc1. The molecule has 1 amide bonds. The second kappa shape index (κ2) is 10.4. The largest absolute Gasteiger partial charge is 0.494 e. The molecule has 0 bridgehead atoms. The van der Waals surface area contributed by atoms with Crippen LogP contribution in [0.25, 0.3) is 11.3 Å². The van der Waals surface area contributed by atoms with Crippen LogP contribution < -0.4 is 10.1 Å². The number of nitrogens with one attached hydrogen (secondary N) is 2. The molecule has 0 saturated carbocycles. The molecule has 0 unspecified atom stereocenters. The molecule has 2 N–H and O–H groups in total. The second-order valence-corrected chi connectivity index (χ2v) is 6.96. The normalized spacial score (nSPS) is 10.9. The molecule has 3 rings (SSSR count). The van der Waals surface area contributed by atoms with Crippen LogP contribution in [-0.2, 0) is 6.54 Å². The van der Waals surface area contributed by atoms with Gasteiger partial charge in [0.25, 0.3) is 5.91 Å². The van der Waals surface area contributed by atoms with Crippen LogP contribution in [0.15, 0.2) is 60.7 Å². The van der Waals surface area contributed by atoms with Crippen LogP contribution in [0.4, 0.5) is 0 Å². The van der Waals surface area contributed by atoms with E-state index in [0.29, 0.717) is 18.8 Å². The molecule has 0 saturated heterocycles. The quantitative estimate of drug-likeness (QED) is 0.516. The van der Waals surface area contributed by atoms with Crippen molar-refractivity contribution < 1.29 is 9.53 Å². The fraction of sp³-hybridized carbons (Fsp3) is 0.304. The molecule has 1 heterocycles. The van der Waals surface area contributed by atoms with E-state index in [1.807, 2.05) is 37.3 Å². The molecule has 6 heteroatoms. The lowest BCUT2D eigenvalue weighted by Gasteiger charge is -2.16. The summed E-state index contributed by atoms with van der Waals surface area (Å²) in [5, 5.41) is 10.0. The van der Waals surface area contributed by atoms with Crippen molar-refractivity contribution in [3.05, 3.63) is 71.9 Å². The van der Waals surface area contributed by atoms with E-state index in [1.54, 1.807) is 6.07 Å². The fourth-order valence-electron chi connectivity index (χ4n) is 3.09. The number of benzene rings is 2. The number of hydrogen-bond acceptors (Lipinski definition) is 4. The molecule has 0 aliphatic carbocycles. The maximum Gasteiger partial charge on any atom is 0.269 e. The van der Waals surface area contributed by atoms with Gasteiger partial charge >= 0.3 is 0 Å². The minimum absolute atomic E-state index is 0.139. The first-order valence-corrected chi connectivity index (χ1v) is 9.95. The van der Waals surface area contributed by atoms with Crippen molar-refractivity contribution in [2.24, 2.45) is 0 Å². The number of carbonyl (C=O) groups excluding carboxylic acids is 1. The number of ether oxygens (including phenoxy) is 1. The third kappa shape index (κ3) is 6.19. The molecule has 1 aromatic heterocycles. The third-order valence-electron chi connectivity index (χ3n) is 4.58. The highest BCUT2D eigenvalue weighted by molar-refractivity contribution is 5.93. The number of H-pyrrole nitrogens is 1. The summed E-state index contributed by atoms with van der Waals surface area (Å²) in [5.41, 5.74) is 3.43. The number of amides is 1. The Labute approximate surface area is 171 Å². The molecule has 152 valence electrons. The number of hydrogen-bond donors (Lipinski definition) is 2. The van der Waals surface area contributed by atoms with Gasteiger partial charge in [-0.2, -0.15) is 5.10 Å². The highest BCUT2D eigenvalue weighted by Gasteiger charge is 2.11. The molecule has 6 nitrogen and oxygen atoms in total. The maximum atomic E-state index is 12.3. The molecule has 29 heavy (non-hydrogen) atoms. The lowest BCUT2D eigenvalue weighted by atomic mass is 10.1. The van der Waals surface area contributed by atoms with Crippen molar-refractivity contribution in [2.75, 3.05) is 26.7 Å². The molecule has 0 atom stereocenters. The summed E-state index contributed by atoms with van der Waals surface area (Å²) in [6.45, 7) is 5.02. The monoisotopic (exact) mass is 392 g/mol. The zero-order valence-corrected chi connectivity index (χ0v) is 17.0. The molecular weight excluding hydrogens is 364 g/mol. The first-order valence-electron chi connectivity index (χ1n) is 9.95. The van der Waals surface area contributed by atoms with E-state index in [2.05, 4.69) is 51.7 Å². The van der Waals surface area contributed by atoms with Crippen LogP contribution in [0.5, 0.6) is 5.75 Å². The second-order valence-electron chi connectivity index (χ2n) is 6.96. The summed E-state index contributed by atoms with van der Waals surface area (Å²) in [5.74, 6) is 0.683. The van der Waals surface area contributed by atoms with E-state index >= 15 is 0 Å². The van der Waals surface area contributed by atoms with Gasteiger partial charge < -0.3 is 15.0 Å². The van der Waals surface area contributed by atoms with Gasteiger partial charge in [-0.1, -0.05) is 30.3 Å². The summed E-state index contributed by atoms with van der Waals surface area (Å²) in [6, 6.07) is 19.8. The molecule has 0 radical (unpaired) electrons. The predicted molar refractivity (Wildman–Crippen MR) is 115 cm³/mol. The van der Waals surface area contributed by atoms with Crippen molar-refractivity contribution in [1.82, 2.24) is 20.4 Å². The van der Waals surface area contributed by atoms with Gasteiger partial charge in [-0.25, -0.2) is 0 Å². The lowest BCUT2D eigenvalue weighted by molar-refractivity contribution is 0.0947. The number of aromatic nitrogens is 2. The zero-order chi connectivity index (χ0) is 20.5. The Bertz CT molecular complexity index is 891. The Morgan fingerprint density at radius 1 is 1.14 bits per heavy atom. The van der Waals surface area contributed by atoms with Crippen LogP contribution in [0, 0.1) is 0 Å². The van der Waals surface area contributed by atoms with Gasteiger partial charge in [0, 0.05) is 18.7 Å². The van der Waals surface area contributed by atoms with Gasteiger partial charge in [0.05, 0.1) is 12.3 Å². The molecule has 0 fully saturated rings. The van der Waals surface area contributed by atoms with Crippen molar-refractivity contribution in [2.45, 2.75) is 19.9 Å². The van der Waals surface area contributed by atoms with E-state index in [-0.39, 0.29) is 5.91 Å². The molecule has 0 aliphatic heterocycles. The van der Waals surface area contributed by atoms with Crippen molar-refractivity contribution >= 4 is 5.91 Å². The van der Waals surface area contributed by atoms with E-state index in [4.69, 9.17) is 4.74 Å². The van der Waals surface area contributed by atoms with Crippen LogP contribution in [0.3, 0.4) is 0 Å². The van der Waals surface area contributed by atoms with Crippen LogP contribution in [0.2, 0.25) is 0 Å². The Balaban J connectivity index is 1.43. The lowest BCUT2D eigenvalue weighted by Crippen LogP contribution is -2.28. The van der Waals surface area contributed by atoms with Crippen LogP contribution in [0.1, 0.15) is 29.4 Å². The minimum atomic E-state index is -0.139. The highest BCUT2D eigenvalue weighted by Crippen LogP contribution is 2.21. The standard InChI is InChI=1S/C23H28N4O2/c1-3-29-20-12-10-19(11-13-20)21-16-22(26-25-21)23(28)24-14-7-15-27(2)17-18-8-5-4-6-9-18/h4-6,8-13,16H,3,7,14-15,17H2,1-2H3,(H,24,28)(H,25,26). The first kappa shape index (κ1) is 20.6. The number of rotatable bonds is 10. The number of aromatic amines is 1. The Hall–Kier alpha value is -3.12. The number of carbonyl (C=O) groups is 1. The van der Waals surface area contributed by atoms with Gasteiger partial charge in [0.15, 0.2) is 0 Å². The number of nitrogens with zero attached hydrogens (tertiary/aromatic N) is 2. The smallest absolute Gasteiger partial charge is 0.269 e. The molecule has 3 aromatic rings. The average Bonchev–Trinajstić information content (AvgIpc) is 3.23. The summed E-state index contributed by atoms with van der Waals surface area (Å²) in [6.07, 6.45) is 0.884. The van der Waals surface area contributed by atoms with E-state index < -0.39 is 0 Å². The zero-order valence-electron chi connectivity index (χ0n) is 17.0. The van der Waals surface area contributed by atoms with Gasteiger partial charge in [0.1, 0.15) is 11.4 Å². The van der Waals surface area contributed by atoms with Crippen LogP contribution >= 0.6 is 0 Å². The topological polar surface area (TPSA) is 70.2 Å². The maximum absolute atomic E-state index is 12.3. The summed E-state index contributed by atoms with van der Waals surface area (Å²) >= 11 is 0. The van der Waals surface area contributed by atoms with Crippen LogP contribution in [-0.4, -0.2) is 47.7 Å². The van der Waals surface area contributed by atoms with Crippen molar-refractivity contribution in [3.8, 4) is 17.0 Å². The van der Waals surface area contributed by atoms with Crippen molar-refractivity contribution in [1.29, 1.82) is 0 Å². The summed E-state index contributed by atoms with van der Waals surface area (Å²) in [4.78, 5) is 14.6. The Morgan fingerprint density at radius 2 is 1.90 bits per heavy atom. The van der Waals surface area contributed by atoms with E-state index in [1.165, 1.54) is 5.56 Å². The van der Waals surface area contributed by atoms with E-state index in [9.17, 15) is 4.79 Å². The van der Waals surface area contributed by atoms with Gasteiger partial charge in [-0.15, -0.1) is 0 Å².